The van der Waals surface area contributed by atoms with Crippen LogP contribution in [0.3, 0.4) is 0 Å². The third-order valence-electron chi connectivity index (χ3n) is 5.65. The number of carbonyl (C=O) groups excluding carboxylic acids is 1. The van der Waals surface area contributed by atoms with E-state index in [1.807, 2.05) is 30.3 Å². The van der Waals surface area contributed by atoms with Crippen molar-refractivity contribution in [1.82, 2.24) is 14.8 Å². The van der Waals surface area contributed by atoms with Crippen molar-refractivity contribution >= 4 is 29.0 Å². The Balaban J connectivity index is 1.38. The fourth-order valence-electron chi connectivity index (χ4n) is 3.87. The highest BCUT2D eigenvalue weighted by molar-refractivity contribution is 7.99. The minimum atomic E-state index is -0.0406. The number of hydrogen-bond acceptors (Lipinski definition) is 5. The van der Waals surface area contributed by atoms with Crippen LogP contribution in [0.5, 0.6) is 0 Å². The largest absolute Gasteiger partial charge is 0.369 e. The van der Waals surface area contributed by atoms with E-state index >= 15 is 0 Å². The van der Waals surface area contributed by atoms with Crippen LogP contribution in [0.4, 0.5) is 11.4 Å². The quantitative estimate of drug-likeness (QED) is 0.433. The van der Waals surface area contributed by atoms with Crippen molar-refractivity contribution in [3.63, 3.8) is 0 Å². The Morgan fingerprint density at radius 2 is 1.84 bits per heavy atom. The van der Waals surface area contributed by atoms with Crippen molar-refractivity contribution < 1.29 is 4.79 Å². The lowest BCUT2D eigenvalue weighted by atomic mass is 10.2. The Labute approximate surface area is 194 Å². The van der Waals surface area contributed by atoms with Crippen molar-refractivity contribution in [3.8, 4) is 0 Å². The van der Waals surface area contributed by atoms with E-state index in [0.717, 1.165) is 35.4 Å². The molecule has 32 heavy (non-hydrogen) atoms. The van der Waals surface area contributed by atoms with Crippen LogP contribution in [0, 0.1) is 0 Å². The van der Waals surface area contributed by atoms with Crippen LogP contribution < -0.4 is 10.2 Å². The first-order chi connectivity index (χ1) is 15.5. The van der Waals surface area contributed by atoms with Crippen LogP contribution in [-0.2, 0) is 11.3 Å². The number of carbonyl (C=O) groups is 1. The van der Waals surface area contributed by atoms with Gasteiger partial charge in [-0.15, -0.1) is 10.2 Å². The van der Waals surface area contributed by atoms with Gasteiger partial charge in [-0.1, -0.05) is 42.1 Å². The topological polar surface area (TPSA) is 63.1 Å². The molecule has 168 valence electrons. The molecule has 0 saturated heterocycles. The lowest BCUT2D eigenvalue weighted by molar-refractivity contribution is -0.113. The lowest BCUT2D eigenvalue weighted by Gasteiger charge is -2.27. The highest BCUT2D eigenvalue weighted by atomic mass is 32.2. The fraction of sp³-hybridized carbons (Fsp3) is 0.400. The minimum Gasteiger partial charge on any atom is -0.369 e. The van der Waals surface area contributed by atoms with Gasteiger partial charge in [0.1, 0.15) is 5.82 Å². The number of aromatic nitrogens is 3. The number of nitrogens with one attached hydrogen (secondary N) is 1. The first kappa shape index (κ1) is 22.4. The van der Waals surface area contributed by atoms with E-state index in [2.05, 4.69) is 70.0 Å². The van der Waals surface area contributed by atoms with Gasteiger partial charge in [0.15, 0.2) is 5.16 Å². The summed E-state index contributed by atoms with van der Waals surface area (Å²) in [7, 11) is 0. The summed E-state index contributed by atoms with van der Waals surface area (Å²) in [5, 5.41) is 12.6. The number of hydrogen-bond donors (Lipinski definition) is 1. The van der Waals surface area contributed by atoms with Crippen LogP contribution in [0.25, 0.3) is 0 Å². The van der Waals surface area contributed by atoms with Gasteiger partial charge >= 0.3 is 0 Å². The molecule has 1 aromatic heterocycles. The molecule has 0 radical (unpaired) electrons. The van der Waals surface area contributed by atoms with Crippen molar-refractivity contribution in [2.75, 3.05) is 22.5 Å². The Morgan fingerprint density at radius 1 is 1.12 bits per heavy atom. The van der Waals surface area contributed by atoms with E-state index in [4.69, 9.17) is 0 Å². The molecule has 0 bridgehead atoms. The van der Waals surface area contributed by atoms with E-state index in [1.54, 1.807) is 0 Å². The Hall–Kier alpha value is -2.80. The standard InChI is InChI=1S/C25H31N5OS/c1-4-29(18(2)3)22-14-12-21(13-15-22)26-23(31)17-32-25-28-27-24(20-10-11-20)30(25)16-19-8-6-5-7-9-19/h5-9,12-15,18,20H,4,10-11,16-17H2,1-3H3,(H,26,31). The van der Waals surface area contributed by atoms with E-state index < -0.39 is 0 Å². The molecule has 7 heteroatoms. The molecule has 3 aromatic rings. The fourth-order valence-corrected chi connectivity index (χ4v) is 4.62. The van der Waals surface area contributed by atoms with E-state index in [9.17, 15) is 4.79 Å². The summed E-state index contributed by atoms with van der Waals surface area (Å²) >= 11 is 1.44. The zero-order chi connectivity index (χ0) is 22.5. The molecular weight excluding hydrogens is 418 g/mol. The minimum absolute atomic E-state index is 0.0406. The van der Waals surface area contributed by atoms with Crippen molar-refractivity contribution in [2.45, 2.75) is 57.3 Å². The third kappa shape index (κ3) is 5.51. The Bertz CT molecular complexity index is 1030. The highest BCUT2D eigenvalue weighted by Crippen LogP contribution is 2.40. The van der Waals surface area contributed by atoms with E-state index in [-0.39, 0.29) is 5.91 Å². The van der Waals surface area contributed by atoms with Gasteiger partial charge < -0.3 is 14.8 Å². The molecule has 6 nitrogen and oxygen atoms in total. The van der Waals surface area contributed by atoms with Crippen LogP contribution in [0.15, 0.2) is 59.8 Å². The number of thioether (sulfide) groups is 1. The van der Waals surface area contributed by atoms with Gasteiger partial charge in [-0.2, -0.15) is 0 Å². The first-order valence-corrected chi connectivity index (χ1v) is 12.3. The SMILES string of the molecule is CCN(c1ccc(NC(=O)CSc2nnc(C3CC3)n2Cc2ccccc2)cc1)C(C)C. The predicted octanol–water partition coefficient (Wildman–Crippen LogP) is 5.17. The number of rotatable bonds is 10. The first-order valence-electron chi connectivity index (χ1n) is 11.3. The monoisotopic (exact) mass is 449 g/mol. The molecule has 1 saturated carbocycles. The summed E-state index contributed by atoms with van der Waals surface area (Å²) in [6.07, 6.45) is 2.33. The molecular formula is C25H31N5OS. The molecule has 1 amide bonds. The summed E-state index contributed by atoms with van der Waals surface area (Å²) in [5.74, 6) is 1.80. The molecule has 4 rings (SSSR count). The van der Waals surface area contributed by atoms with Crippen LogP contribution in [0.2, 0.25) is 0 Å². The number of amides is 1. The van der Waals surface area contributed by atoms with Crippen LogP contribution in [-0.4, -0.2) is 39.0 Å². The predicted molar refractivity (Wildman–Crippen MR) is 131 cm³/mol. The second-order valence-electron chi connectivity index (χ2n) is 8.45. The smallest absolute Gasteiger partial charge is 0.234 e. The summed E-state index contributed by atoms with van der Waals surface area (Å²) in [5.41, 5.74) is 3.18. The van der Waals surface area contributed by atoms with E-state index in [1.165, 1.54) is 30.2 Å². The average molecular weight is 450 g/mol. The van der Waals surface area contributed by atoms with Gasteiger partial charge in [0.05, 0.1) is 12.3 Å². The Kier molecular flexibility index (Phi) is 7.15. The second-order valence-corrected chi connectivity index (χ2v) is 9.39. The molecule has 0 aliphatic heterocycles. The van der Waals surface area contributed by atoms with Crippen LogP contribution in [0.1, 0.15) is 50.9 Å². The van der Waals surface area contributed by atoms with Gasteiger partial charge in [-0.25, -0.2) is 0 Å². The number of nitrogens with zero attached hydrogens (tertiary/aromatic N) is 4. The van der Waals surface area contributed by atoms with Gasteiger partial charge in [0, 0.05) is 29.9 Å². The van der Waals surface area contributed by atoms with Gasteiger partial charge in [-0.3, -0.25) is 4.79 Å². The summed E-state index contributed by atoms with van der Waals surface area (Å²) < 4.78 is 2.17. The number of benzene rings is 2. The molecule has 1 aliphatic rings. The maximum atomic E-state index is 12.6. The van der Waals surface area contributed by atoms with Gasteiger partial charge in [0.2, 0.25) is 5.91 Å². The highest BCUT2D eigenvalue weighted by Gasteiger charge is 2.30. The molecule has 0 spiro atoms. The summed E-state index contributed by atoms with van der Waals surface area (Å²) in [6.45, 7) is 8.20. The molecule has 1 aliphatic carbocycles. The molecule has 1 fully saturated rings. The molecule has 0 unspecified atom stereocenters. The van der Waals surface area contributed by atoms with Gasteiger partial charge in [0.25, 0.3) is 0 Å². The Morgan fingerprint density at radius 3 is 2.47 bits per heavy atom. The third-order valence-corrected chi connectivity index (χ3v) is 6.62. The van der Waals surface area contributed by atoms with Crippen LogP contribution >= 0.6 is 11.8 Å². The normalized spacial score (nSPS) is 13.4. The zero-order valence-corrected chi connectivity index (χ0v) is 19.8. The second kappa shape index (κ2) is 10.2. The van der Waals surface area contributed by atoms with Gasteiger partial charge in [-0.05, 0) is 63.4 Å². The molecule has 1 heterocycles. The maximum absolute atomic E-state index is 12.6. The molecule has 0 atom stereocenters. The average Bonchev–Trinajstić information content (AvgIpc) is 3.56. The lowest BCUT2D eigenvalue weighted by Crippen LogP contribution is -2.30. The summed E-state index contributed by atoms with van der Waals surface area (Å²) in [4.78, 5) is 14.9. The maximum Gasteiger partial charge on any atom is 0.234 e. The van der Waals surface area contributed by atoms with E-state index in [0.29, 0.717) is 17.7 Å². The van der Waals surface area contributed by atoms with Crippen molar-refractivity contribution in [2.24, 2.45) is 0 Å². The molecule has 1 N–H and O–H groups in total. The van der Waals surface area contributed by atoms with Crippen molar-refractivity contribution in [3.05, 3.63) is 66.0 Å². The summed E-state index contributed by atoms with van der Waals surface area (Å²) in [6, 6.07) is 18.8. The molecule has 2 aromatic carbocycles. The zero-order valence-electron chi connectivity index (χ0n) is 19.0. The van der Waals surface area contributed by atoms with Crippen molar-refractivity contribution in [1.29, 1.82) is 0 Å². The number of anilines is 2.